The van der Waals surface area contributed by atoms with Crippen molar-refractivity contribution < 1.29 is 22.7 Å². The Hall–Kier alpha value is -2.36. The summed E-state index contributed by atoms with van der Waals surface area (Å²) in [5.74, 6) is 0.934. The van der Waals surface area contributed by atoms with Gasteiger partial charge in [-0.1, -0.05) is 12.1 Å². The van der Waals surface area contributed by atoms with Gasteiger partial charge in [0.1, 0.15) is 11.6 Å². The van der Waals surface area contributed by atoms with E-state index in [9.17, 15) is 18.0 Å². The summed E-state index contributed by atoms with van der Waals surface area (Å²) in [4.78, 5) is 14.4. The van der Waals surface area contributed by atoms with Crippen LogP contribution in [0.2, 0.25) is 0 Å². The Labute approximate surface area is 170 Å². The Morgan fingerprint density at radius 2 is 1.83 bits per heavy atom. The molecule has 2 heterocycles. The maximum absolute atomic E-state index is 12.6. The number of piperidine rings is 1. The van der Waals surface area contributed by atoms with Gasteiger partial charge in [-0.15, -0.1) is 13.2 Å². The zero-order valence-electron chi connectivity index (χ0n) is 15.6. The number of carbonyl (C=O) groups excluding carboxylic acids is 1. The number of alkyl halides is 3. The number of ether oxygens (including phenoxy) is 1. The number of aromatic nitrogens is 3. The summed E-state index contributed by atoms with van der Waals surface area (Å²) in [6, 6.07) is 5.88. The number of rotatable bonds is 5. The molecule has 1 saturated carbocycles. The predicted octanol–water partition coefficient (Wildman–Crippen LogP) is 4.12. The number of hydrogen-bond donors (Lipinski definition) is 1. The lowest BCUT2D eigenvalue weighted by molar-refractivity contribution is -0.274. The maximum Gasteiger partial charge on any atom is 0.573 e. The molecule has 1 aliphatic heterocycles. The molecule has 10 heteroatoms. The number of amides is 1. The van der Waals surface area contributed by atoms with Crippen LogP contribution < -0.4 is 4.74 Å². The smallest absolute Gasteiger partial charge is 0.406 e. The predicted molar refractivity (Wildman–Crippen MR) is 101 cm³/mol. The van der Waals surface area contributed by atoms with Crippen LogP contribution in [0.3, 0.4) is 0 Å². The Morgan fingerprint density at radius 1 is 1.17 bits per heavy atom. The Kier molecular flexibility index (Phi) is 5.37. The van der Waals surface area contributed by atoms with Crippen LogP contribution in [-0.2, 0) is 11.2 Å². The molecule has 1 aromatic carbocycles. The lowest BCUT2D eigenvalue weighted by atomic mass is 9.95. The SMILES string of the molecule is O=C(Cc1ccc(OC(F)(F)F)cc1)N1CCC(c2n[nH]c(=S)n2C2CC2)CC1. The first-order valence-electron chi connectivity index (χ1n) is 9.59. The first-order chi connectivity index (χ1) is 13.8. The Morgan fingerprint density at radius 3 is 2.41 bits per heavy atom. The van der Waals surface area contributed by atoms with Crippen molar-refractivity contribution in [3.63, 3.8) is 0 Å². The largest absolute Gasteiger partial charge is 0.573 e. The summed E-state index contributed by atoms with van der Waals surface area (Å²) in [7, 11) is 0. The van der Waals surface area contributed by atoms with Crippen molar-refractivity contribution in [2.45, 2.75) is 50.4 Å². The molecule has 6 nitrogen and oxygen atoms in total. The second kappa shape index (κ2) is 7.81. The van der Waals surface area contributed by atoms with E-state index in [1.165, 1.54) is 24.3 Å². The number of likely N-dealkylation sites (tertiary alicyclic amines) is 1. The van der Waals surface area contributed by atoms with Gasteiger partial charge in [0.05, 0.1) is 6.42 Å². The molecule has 1 amide bonds. The van der Waals surface area contributed by atoms with E-state index in [1.807, 2.05) is 0 Å². The standard InChI is InChI=1S/C19H21F3N4O2S/c20-19(21,22)28-15-5-1-12(2-6-15)11-16(27)25-9-7-13(8-10-25)17-23-24-18(29)26(17)14-3-4-14/h1-2,5-6,13-14H,3-4,7-11H2,(H,24,29). The first-order valence-corrected chi connectivity index (χ1v) is 10.0. The van der Waals surface area contributed by atoms with Crippen LogP contribution in [0.1, 0.15) is 49.0 Å². The summed E-state index contributed by atoms with van der Waals surface area (Å²) in [6.45, 7) is 1.26. The van der Waals surface area contributed by atoms with E-state index in [0.717, 1.165) is 31.5 Å². The van der Waals surface area contributed by atoms with Gasteiger partial charge in [-0.05, 0) is 55.6 Å². The van der Waals surface area contributed by atoms with Gasteiger partial charge in [-0.2, -0.15) is 5.10 Å². The number of aromatic amines is 1. The van der Waals surface area contributed by atoms with Gasteiger partial charge in [0.25, 0.3) is 0 Å². The number of hydrogen-bond acceptors (Lipinski definition) is 4. The van der Waals surface area contributed by atoms with Crippen LogP contribution in [-0.4, -0.2) is 45.0 Å². The summed E-state index contributed by atoms with van der Waals surface area (Å²) in [5, 5.41) is 7.32. The van der Waals surface area contributed by atoms with E-state index in [2.05, 4.69) is 19.5 Å². The second-order valence-corrected chi connectivity index (χ2v) is 7.90. The second-order valence-electron chi connectivity index (χ2n) is 7.51. The fourth-order valence-corrected chi connectivity index (χ4v) is 4.06. The number of halogens is 3. The molecule has 0 unspecified atom stereocenters. The first kappa shape index (κ1) is 19.9. The van der Waals surface area contributed by atoms with Gasteiger partial charge in [0.15, 0.2) is 4.77 Å². The Bertz CT molecular complexity index is 926. The highest BCUT2D eigenvalue weighted by Gasteiger charge is 2.33. The molecule has 2 aliphatic rings. The van der Waals surface area contributed by atoms with Crippen LogP contribution in [0.25, 0.3) is 0 Å². The fraction of sp³-hybridized carbons (Fsp3) is 0.526. The van der Waals surface area contributed by atoms with E-state index >= 15 is 0 Å². The van der Waals surface area contributed by atoms with Crippen LogP contribution in [0.15, 0.2) is 24.3 Å². The average Bonchev–Trinajstić information content (AvgIpc) is 3.44. The molecule has 1 aliphatic carbocycles. The quantitative estimate of drug-likeness (QED) is 0.731. The fourth-order valence-electron chi connectivity index (χ4n) is 3.77. The number of nitrogens with one attached hydrogen (secondary N) is 1. The van der Waals surface area contributed by atoms with Crippen molar-refractivity contribution in [2.75, 3.05) is 13.1 Å². The number of benzene rings is 1. The molecular formula is C19H21F3N4O2S. The van der Waals surface area contributed by atoms with E-state index in [4.69, 9.17) is 12.2 Å². The molecule has 0 atom stereocenters. The zero-order valence-corrected chi connectivity index (χ0v) is 16.4. The molecule has 2 aromatic rings. The van der Waals surface area contributed by atoms with Gasteiger partial charge < -0.3 is 14.2 Å². The van der Waals surface area contributed by atoms with Crippen molar-refractivity contribution >= 4 is 18.1 Å². The highest BCUT2D eigenvalue weighted by atomic mass is 32.1. The van der Waals surface area contributed by atoms with Crippen LogP contribution in [0.4, 0.5) is 13.2 Å². The molecule has 0 spiro atoms. The lowest BCUT2D eigenvalue weighted by Gasteiger charge is -2.31. The van der Waals surface area contributed by atoms with Crippen molar-refractivity contribution in [3.05, 3.63) is 40.4 Å². The van der Waals surface area contributed by atoms with E-state index in [-0.39, 0.29) is 24.0 Å². The third kappa shape index (κ3) is 4.80. The molecule has 0 bridgehead atoms. The normalized spacial score (nSPS) is 18.1. The number of nitrogens with zero attached hydrogens (tertiary/aromatic N) is 3. The molecule has 1 saturated heterocycles. The molecule has 2 fully saturated rings. The van der Waals surface area contributed by atoms with Gasteiger partial charge in [-0.25, -0.2) is 0 Å². The van der Waals surface area contributed by atoms with Gasteiger partial charge in [0, 0.05) is 25.0 Å². The van der Waals surface area contributed by atoms with E-state index in [0.29, 0.717) is 29.5 Å². The minimum Gasteiger partial charge on any atom is -0.406 e. The maximum atomic E-state index is 12.6. The summed E-state index contributed by atoms with van der Waals surface area (Å²) in [5.41, 5.74) is 0.654. The minimum absolute atomic E-state index is 0.0333. The highest BCUT2D eigenvalue weighted by Crippen LogP contribution is 2.39. The molecule has 29 heavy (non-hydrogen) atoms. The third-order valence-corrected chi connectivity index (χ3v) is 5.66. The van der Waals surface area contributed by atoms with E-state index < -0.39 is 6.36 Å². The van der Waals surface area contributed by atoms with Crippen LogP contribution >= 0.6 is 12.2 Å². The van der Waals surface area contributed by atoms with Crippen LogP contribution in [0, 0.1) is 4.77 Å². The van der Waals surface area contributed by atoms with Crippen LogP contribution in [0.5, 0.6) is 5.75 Å². The summed E-state index contributed by atoms with van der Waals surface area (Å²) in [6.07, 6.45) is -0.680. The zero-order chi connectivity index (χ0) is 20.6. The minimum atomic E-state index is -4.72. The van der Waals surface area contributed by atoms with Gasteiger partial charge >= 0.3 is 6.36 Å². The van der Waals surface area contributed by atoms with Crippen molar-refractivity contribution in [1.29, 1.82) is 0 Å². The van der Waals surface area contributed by atoms with Crippen molar-refractivity contribution in [2.24, 2.45) is 0 Å². The van der Waals surface area contributed by atoms with Crippen molar-refractivity contribution in [1.82, 2.24) is 19.7 Å². The number of H-pyrrole nitrogens is 1. The molecular weight excluding hydrogens is 405 g/mol. The summed E-state index contributed by atoms with van der Waals surface area (Å²) >= 11 is 5.34. The molecule has 1 aromatic heterocycles. The molecule has 0 radical (unpaired) electrons. The molecule has 4 rings (SSSR count). The van der Waals surface area contributed by atoms with Gasteiger partial charge in [0.2, 0.25) is 5.91 Å². The topological polar surface area (TPSA) is 63.1 Å². The molecule has 1 N–H and O–H groups in total. The average molecular weight is 426 g/mol. The summed E-state index contributed by atoms with van der Waals surface area (Å²) < 4.78 is 43.3. The monoisotopic (exact) mass is 426 g/mol. The Balaban J connectivity index is 1.32. The number of carbonyl (C=O) groups is 1. The van der Waals surface area contributed by atoms with E-state index in [1.54, 1.807) is 4.90 Å². The lowest BCUT2D eigenvalue weighted by Crippen LogP contribution is -2.39. The highest BCUT2D eigenvalue weighted by molar-refractivity contribution is 7.71. The third-order valence-electron chi connectivity index (χ3n) is 5.37. The van der Waals surface area contributed by atoms with Gasteiger partial charge in [-0.3, -0.25) is 9.89 Å². The molecule has 156 valence electrons. The van der Waals surface area contributed by atoms with Crippen molar-refractivity contribution in [3.8, 4) is 5.75 Å².